The van der Waals surface area contributed by atoms with Gasteiger partial charge in [-0.05, 0) is 29.2 Å². The molecule has 0 aliphatic carbocycles. The van der Waals surface area contributed by atoms with Crippen molar-refractivity contribution in [2.24, 2.45) is 15.7 Å². The zero-order valence-electron chi connectivity index (χ0n) is 17.8. The molecule has 1 atom stereocenters. The summed E-state index contributed by atoms with van der Waals surface area (Å²) in [6.07, 6.45) is 6.40. The second-order valence-corrected chi connectivity index (χ2v) is 8.31. The van der Waals surface area contributed by atoms with Crippen molar-refractivity contribution in [2.75, 3.05) is 19.7 Å². The third-order valence-corrected chi connectivity index (χ3v) is 5.64. The molecule has 1 saturated heterocycles. The molecule has 0 radical (unpaired) electrons. The van der Waals surface area contributed by atoms with Crippen LogP contribution < -0.4 is 11.1 Å². The maximum Gasteiger partial charge on any atom is 0.318 e. The van der Waals surface area contributed by atoms with Crippen LogP contribution in [0.5, 0.6) is 0 Å². The minimum absolute atomic E-state index is 0.0536. The Morgan fingerprint density at radius 3 is 2.71 bits per heavy atom. The molecule has 0 aromatic heterocycles. The fourth-order valence-electron chi connectivity index (χ4n) is 3.95. The highest BCUT2D eigenvalue weighted by Gasteiger charge is 2.37. The van der Waals surface area contributed by atoms with Crippen molar-refractivity contribution in [1.82, 2.24) is 10.2 Å². The average molecular weight is 430 g/mol. The summed E-state index contributed by atoms with van der Waals surface area (Å²) >= 11 is 0. The van der Waals surface area contributed by atoms with Gasteiger partial charge in [0.25, 0.3) is 5.92 Å². The maximum absolute atomic E-state index is 13.4. The van der Waals surface area contributed by atoms with E-state index < -0.39 is 5.92 Å². The van der Waals surface area contributed by atoms with E-state index in [4.69, 9.17) is 10.5 Å². The summed E-state index contributed by atoms with van der Waals surface area (Å²) in [7, 11) is 0. The first kappa shape index (κ1) is 21.5. The molecule has 1 aromatic carbocycles. The van der Waals surface area contributed by atoms with Crippen LogP contribution in [-0.4, -0.2) is 48.3 Å². The molecule has 3 aliphatic rings. The smallest absolute Gasteiger partial charge is 0.318 e. The van der Waals surface area contributed by atoms with Crippen LogP contribution in [0.4, 0.5) is 8.78 Å². The summed E-state index contributed by atoms with van der Waals surface area (Å²) in [5.74, 6) is -2.17. The lowest BCUT2D eigenvalue weighted by Crippen LogP contribution is -2.26. The van der Waals surface area contributed by atoms with E-state index in [9.17, 15) is 8.78 Å². The molecule has 3 aliphatic heterocycles. The summed E-state index contributed by atoms with van der Waals surface area (Å²) in [4.78, 5) is 10.7. The van der Waals surface area contributed by atoms with Gasteiger partial charge >= 0.3 is 6.02 Å². The Morgan fingerprint density at radius 2 is 2.00 bits per heavy atom. The van der Waals surface area contributed by atoms with Gasteiger partial charge in [-0.25, -0.2) is 8.78 Å². The number of likely N-dealkylation sites (tertiary alicyclic amines) is 1. The fourth-order valence-corrected chi connectivity index (χ4v) is 3.95. The van der Waals surface area contributed by atoms with Gasteiger partial charge in [0.15, 0.2) is 0 Å². The van der Waals surface area contributed by atoms with Crippen LogP contribution in [0, 0.1) is 0 Å². The van der Waals surface area contributed by atoms with Crippen molar-refractivity contribution in [2.45, 2.75) is 51.1 Å². The van der Waals surface area contributed by atoms with Crippen molar-refractivity contribution in [3.8, 4) is 0 Å². The van der Waals surface area contributed by atoms with E-state index in [1.54, 1.807) is 4.90 Å². The van der Waals surface area contributed by atoms with Gasteiger partial charge in [0, 0.05) is 32.1 Å². The monoisotopic (exact) mass is 429 g/mol. The van der Waals surface area contributed by atoms with Crippen LogP contribution in [0.3, 0.4) is 0 Å². The van der Waals surface area contributed by atoms with Crippen LogP contribution in [0.25, 0.3) is 0 Å². The zero-order chi connectivity index (χ0) is 21.8. The Kier molecular flexibility index (Phi) is 6.36. The number of nitrogens with zero attached hydrogens (tertiary/aromatic N) is 3. The molecule has 0 amide bonds. The van der Waals surface area contributed by atoms with E-state index in [0.717, 1.165) is 35.3 Å². The molecule has 3 N–H and O–H groups in total. The predicted molar refractivity (Wildman–Crippen MR) is 118 cm³/mol. The van der Waals surface area contributed by atoms with Crippen molar-refractivity contribution in [1.29, 1.82) is 0 Å². The predicted octanol–water partition coefficient (Wildman–Crippen LogP) is 3.35. The first-order chi connectivity index (χ1) is 14.9. The second kappa shape index (κ2) is 9.18. The molecule has 3 heterocycles. The van der Waals surface area contributed by atoms with E-state index in [1.165, 1.54) is 0 Å². The van der Waals surface area contributed by atoms with Gasteiger partial charge in [-0.3, -0.25) is 4.90 Å². The van der Waals surface area contributed by atoms with E-state index in [-0.39, 0.29) is 19.0 Å². The van der Waals surface area contributed by atoms with Crippen molar-refractivity contribution >= 4 is 11.7 Å². The maximum atomic E-state index is 13.4. The Labute approximate surface area is 181 Å². The SMILES string of the molecule is CCCCOC1=NC(N)=CC2NC=C(Cc3ccc(CN4CCC(F)(F)C4)cc3)C2=N1. The number of fused-ring (bicyclic) bond motifs is 1. The van der Waals surface area contributed by atoms with E-state index >= 15 is 0 Å². The van der Waals surface area contributed by atoms with Crippen LogP contribution >= 0.6 is 0 Å². The Hall–Kier alpha value is -2.74. The minimum atomic E-state index is -2.56. The second-order valence-electron chi connectivity index (χ2n) is 8.31. The number of nitrogens with one attached hydrogen (secondary N) is 1. The summed E-state index contributed by atoms with van der Waals surface area (Å²) in [5, 5.41) is 3.30. The van der Waals surface area contributed by atoms with E-state index in [1.807, 2.05) is 36.5 Å². The van der Waals surface area contributed by atoms with Gasteiger partial charge in [-0.2, -0.15) is 9.98 Å². The first-order valence-electron chi connectivity index (χ1n) is 10.8. The molecule has 0 saturated carbocycles. The Balaban J connectivity index is 1.40. The van der Waals surface area contributed by atoms with Crippen LogP contribution in [0.2, 0.25) is 0 Å². The van der Waals surface area contributed by atoms with Gasteiger partial charge in [0.05, 0.1) is 24.9 Å². The van der Waals surface area contributed by atoms with Gasteiger partial charge in [0.2, 0.25) is 0 Å². The van der Waals surface area contributed by atoms with Gasteiger partial charge in [-0.1, -0.05) is 37.6 Å². The number of ether oxygens (including phenoxy) is 1. The first-order valence-corrected chi connectivity index (χ1v) is 10.8. The summed E-state index contributed by atoms with van der Waals surface area (Å²) in [6.45, 7) is 3.49. The number of unbranched alkanes of at least 4 members (excludes halogenated alkanes) is 1. The van der Waals surface area contributed by atoms with Gasteiger partial charge in [0.1, 0.15) is 5.82 Å². The summed E-state index contributed by atoms with van der Waals surface area (Å²) in [5.41, 5.74) is 10.1. The molecule has 1 fully saturated rings. The number of amidine groups is 1. The molecule has 8 heteroatoms. The minimum Gasteiger partial charge on any atom is -0.463 e. The lowest BCUT2D eigenvalue weighted by molar-refractivity contribution is 0.0115. The average Bonchev–Trinajstić information content (AvgIpc) is 3.20. The van der Waals surface area contributed by atoms with Gasteiger partial charge in [-0.15, -0.1) is 0 Å². The van der Waals surface area contributed by atoms with Crippen molar-refractivity contribution in [3.05, 3.63) is 59.1 Å². The molecular weight excluding hydrogens is 400 g/mol. The highest BCUT2D eigenvalue weighted by Crippen LogP contribution is 2.28. The number of halogens is 2. The zero-order valence-corrected chi connectivity index (χ0v) is 17.8. The van der Waals surface area contributed by atoms with Crippen molar-refractivity contribution < 1.29 is 13.5 Å². The van der Waals surface area contributed by atoms with Crippen molar-refractivity contribution in [3.63, 3.8) is 0 Å². The third-order valence-electron chi connectivity index (χ3n) is 5.64. The van der Waals surface area contributed by atoms with Gasteiger partial charge < -0.3 is 15.8 Å². The topological polar surface area (TPSA) is 75.2 Å². The molecule has 166 valence electrons. The number of hydrogen-bond donors (Lipinski definition) is 2. The van der Waals surface area contributed by atoms with E-state index in [2.05, 4.69) is 22.2 Å². The molecule has 1 aromatic rings. The number of nitrogens with two attached hydrogens (primary N) is 1. The molecule has 0 spiro atoms. The van der Waals surface area contributed by atoms with E-state index in [0.29, 0.717) is 38.0 Å². The Morgan fingerprint density at radius 1 is 1.23 bits per heavy atom. The largest absolute Gasteiger partial charge is 0.463 e. The number of benzene rings is 1. The number of aliphatic imine (C=N–C) groups is 2. The van der Waals surface area contributed by atoms with Crippen LogP contribution in [0.15, 0.2) is 57.9 Å². The molecule has 0 bridgehead atoms. The number of hydrogen-bond acceptors (Lipinski definition) is 6. The van der Waals surface area contributed by atoms with Crippen LogP contribution in [0.1, 0.15) is 37.3 Å². The van der Waals surface area contributed by atoms with Crippen LogP contribution in [-0.2, 0) is 17.7 Å². The summed E-state index contributed by atoms with van der Waals surface area (Å²) in [6, 6.07) is 8.30. The lowest BCUT2D eigenvalue weighted by atomic mass is 9.99. The molecule has 1 unspecified atom stereocenters. The molecular formula is C23H29F2N5O. The Bertz CT molecular complexity index is 920. The normalized spacial score (nSPS) is 22.6. The standard InChI is InChI=1S/C23H29F2N5O/c1-2-3-10-31-22-28-20(26)12-19-21(29-22)18(13-27-19)11-16-4-6-17(7-5-16)14-30-9-8-23(24,25)15-30/h4-7,12-13,19,27H,2-3,8-11,14-15,26H2,1H3. The number of rotatable bonds is 7. The lowest BCUT2D eigenvalue weighted by Gasteiger charge is -2.16. The molecule has 4 rings (SSSR count). The summed E-state index contributed by atoms with van der Waals surface area (Å²) < 4.78 is 32.5. The highest BCUT2D eigenvalue weighted by molar-refractivity contribution is 6.12. The quantitative estimate of drug-likeness (QED) is 0.652. The number of alkyl halides is 2. The molecule has 6 nitrogen and oxygen atoms in total. The fraction of sp³-hybridized carbons (Fsp3) is 0.478. The third kappa shape index (κ3) is 5.50. The molecule has 31 heavy (non-hydrogen) atoms. The highest BCUT2D eigenvalue weighted by atomic mass is 19.3.